The lowest BCUT2D eigenvalue weighted by Gasteiger charge is -2.29. The van der Waals surface area contributed by atoms with Crippen LogP contribution in [-0.4, -0.2) is 36.1 Å². The number of nitrogens with zero attached hydrogens (tertiary/aromatic N) is 2. The Labute approximate surface area is 88.3 Å². The zero-order valence-corrected chi connectivity index (χ0v) is 8.45. The molecule has 2 heterocycles. The standard InChI is InChI=1S/C11H13N4/c1-2-9-11(14-8-13-9)10(3-1)15-6-4-12-5-7-15/h1-3,12H,4-7H2,(H,13,14). The van der Waals surface area contributed by atoms with Crippen molar-refractivity contribution in [1.82, 2.24) is 15.3 Å². The predicted octanol–water partition coefficient (Wildman–Crippen LogP) is 0.773. The lowest BCUT2D eigenvalue weighted by atomic mass is 10.2. The monoisotopic (exact) mass is 201 g/mol. The number of hydrogen-bond acceptors (Lipinski definition) is 3. The van der Waals surface area contributed by atoms with Gasteiger partial charge < -0.3 is 15.2 Å². The number of nitrogens with one attached hydrogen (secondary N) is 2. The maximum Gasteiger partial charge on any atom is 0.174 e. The number of anilines is 1. The smallest absolute Gasteiger partial charge is 0.174 e. The molecule has 1 saturated heterocycles. The molecular formula is C11H13N4. The van der Waals surface area contributed by atoms with Crippen molar-refractivity contribution in [2.24, 2.45) is 0 Å². The van der Waals surface area contributed by atoms with E-state index in [0.29, 0.717) is 0 Å². The van der Waals surface area contributed by atoms with E-state index in [-0.39, 0.29) is 0 Å². The van der Waals surface area contributed by atoms with Crippen molar-refractivity contribution in [3.8, 4) is 0 Å². The largest absolute Gasteiger partial charge is 0.367 e. The van der Waals surface area contributed by atoms with Gasteiger partial charge in [0, 0.05) is 26.2 Å². The van der Waals surface area contributed by atoms with E-state index < -0.39 is 0 Å². The van der Waals surface area contributed by atoms with Crippen LogP contribution in [0.3, 0.4) is 0 Å². The highest BCUT2D eigenvalue weighted by atomic mass is 15.2. The van der Waals surface area contributed by atoms with Crippen LogP contribution in [0.5, 0.6) is 0 Å². The molecule has 0 amide bonds. The molecule has 0 aliphatic carbocycles. The van der Waals surface area contributed by atoms with Crippen LogP contribution in [0, 0.1) is 6.33 Å². The van der Waals surface area contributed by atoms with Crippen LogP contribution < -0.4 is 10.2 Å². The van der Waals surface area contributed by atoms with Gasteiger partial charge in [0.1, 0.15) is 5.52 Å². The third kappa shape index (κ3) is 1.47. The first-order valence-electron chi connectivity index (χ1n) is 5.25. The fourth-order valence-electron chi connectivity index (χ4n) is 2.05. The molecule has 0 atom stereocenters. The molecule has 77 valence electrons. The molecule has 0 unspecified atom stereocenters. The molecule has 0 saturated carbocycles. The highest BCUT2D eigenvalue weighted by molar-refractivity contribution is 5.88. The molecule has 15 heavy (non-hydrogen) atoms. The molecule has 1 aromatic carbocycles. The molecule has 0 spiro atoms. The van der Waals surface area contributed by atoms with Crippen LogP contribution >= 0.6 is 0 Å². The summed E-state index contributed by atoms with van der Waals surface area (Å²) < 4.78 is 0. The highest BCUT2D eigenvalue weighted by Crippen LogP contribution is 2.23. The molecule has 1 aromatic heterocycles. The Morgan fingerprint density at radius 1 is 1.27 bits per heavy atom. The van der Waals surface area contributed by atoms with Gasteiger partial charge in [0.2, 0.25) is 0 Å². The van der Waals surface area contributed by atoms with Crippen molar-refractivity contribution in [2.45, 2.75) is 0 Å². The summed E-state index contributed by atoms with van der Waals surface area (Å²) in [5.74, 6) is 0. The van der Waals surface area contributed by atoms with Gasteiger partial charge in [-0.05, 0) is 12.1 Å². The molecule has 1 aliphatic heterocycles. The van der Waals surface area contributed by atoms with Gasteiger partial charge in [0.25, 0.3) is 0 Å². The van der Waals surface area contributed by atoms with E-state index in [0.717, 1.165) is 37.2 Å². The number of para-hydroxylation sites is 1. The van der Waals surface area contributed by atoms with Gasteiger partial charge in [0.05, 0.1) is 11.2 Å². The van der Waals surface area contributed by atoms with Crippen molar-refractivity contribution < 1.29 is 0 Å². The quantitative estimate of drug-likeness (QED) is 0.716. The molecule has 1 aliphatic rings. The maximum absolute atomic E-state index is 4.25. The van der Waals surface area contributed by atoms with Crippen molar-refractivity contribution in [2.75, 3.05) is 31.1 Å². The Hall–Kier alpha value is -1.55. The Kier molecular flexibility index (Phi) is 2.07. The number of piperazine rings is 1. The first-order valence-corrected chi connectivity index (χ1v) is 5.25. The fraction of sp³-hybridized carbons (Fsp3) is 0.364. The summed E-state index contributed by atoms with van der Waals surface area (Å²) in [5.41, 5.74) is 3.30. The van der Waals surface area contributed by atoms with E-state index in [1.54, 1.807) is 0 Å². The van der Waals surface area contributed by atoms with Crippen LogP contribution in [0.25, 0.3) is 11.0 Å². The summed E-state index contributed by atoms with van der Waals surface area (Å²) in [4.78, 5) is 9.64. The third-order valence-corrected chi connectivity index (χ3v) is 2.83. The van der Waals surface area contributed by atoms with E-state index in [4.69, 9.17) is 0 Å². The summed E-state index contributed by atoms with van der Waals surface area (Å²) in [6, 6.07) is 6.22. The van der Waals surface area contributed by atoms with Gasteiger partial charge in [0.15, 0.2) is 6.33 Å². The zero-order chi connectivity index (χ0) is 10.1. The van der Waals surface area contributed by atoms with Gasteiger partial charge in [-0.15, -0.1) is 0 Å². The summed E-state index contributed by atoms with van der Waals surface area (Å²) in [7, 11) is 0. The molecule has 4 heteroatoms. The third-order valence-electron chi connectivity index (χ3n) is 2.83. The van der Waals surface area contributed by atoms with E-state index in [9.17, 15) is 0 Å². The minimum Gasteiger partial charge on any atom is -0.367 e. The molecule has 0 bridgehead atoms. The summed E-state index contributed by atoms with van der Waals surface area (Å²) in [6.07, 6.45) is 2.80. The average molecular weight is 201 g/mol. The number of aromatic nitrogens is 2. The average Bonchev–Trinajstić information content (AvgIpc) is 2.78. The number of imidazole rings is 1. The second kappa shape index (κ2) is 3.55. The van der Waals surface area contributed by atoms with Crippen molar-refractivity contribution >= 4 is 16.7 Å². The van der Waals surface area contributed by atoms with Crippen LogP contribution in [0.1, 0.15) is 0 Å². The van der Waals surface area contributed by atoms with E-state index >= 15 is 0 Å². The van der Waals surface area contributed by atoms with Crippen molar-refractivity contribution in [3.63, 3.8) is 0 Å². The van der Waals surface area contributed by atoms with Crippen LogP contribution in [0.4, 0.5) is 5.69 Å². The van der Waals surface area contributed by atoms with Crippen LogP contribution in [0.2, 0.25) is 0 Å². The molecule has 1 radical (unpaired) electrons. The second-order valence-electron chi connectivity index (χ2n) is 3.76. The number of fused-ring (bicyclic) bond motifs is 1. The minimum atomic E-state index is 1.03. The second-order valence-corrected chi connectivity index (χ2v) is 3.76. The molecule has 3 rings (SSSR count). The van der Waals surface area contributed by atoms with Gasteiger partial charge in [-0.1, -0.05) is 6.07 Å². The summed E-state index contributed by atoms with van der Waals surface area (Å²) in [6.45, 7) is 4.19. The van der Waals surface area contributed by atoms with Gasteiger partial charge in [-0.3, -0.25) is 0 Å². The zero-order valence-electron chi connectivity index (χ0n) is 8.45. The lowest BCUT2D eigenvalue weighted by molar-refractivity contribution is 0.590. The van der Waals surface area contributed by atoms with E-state index in [1.807, 2.05) is 6.07 Å². The van der Waals surface area contributed by atoms with Crippen LogP contribution in [-0.2, 0) is 0 Å². The minimum absolute atomic E-state index is 1.03. The maximum atomic E-state index is 4.25. The van der Waals surface area contributed by atoms with Crippen molar-refractivity contribution in [1.29, 1.82) is 0 Å². The normalized spacial score (nSPS) is 17.2. The SMILES string of the molecule is [c]1nc2c(N3CCNCC3)cccc2[nH]1. The molecular weight excluding hydrogens is 188 g/mol. The number of hydrogen-bond donors (Lipinski definition) is 2. The molecule has 4 nitrogen and oxygen atoms in total. The predicted molar refractivity (Wildman–Crippen MR) is 60.0 cm³/mol. The number of aromatic amines is 1. The van der Waals surface area contributed by atoms with Gasteiger partial charge in [-0.25, -0.2) is 4.98 Å². The number of benzene rings is 1. The van der Waals surface area contributed by atoms with Crippen LogP contribution in [0.15, 0.2) is 18.2 Å². The summed E-state index contributed by atoms with van der Waals surface area (Å²) >= 11 is 0. The fourth-order valence-corrected chi connectivity index (χ4v) is 2.05. The Morgan fingerprint density at radius 3 is 3.00 bits per heavy atom. The topological polar surface area (TPSA) is 44.0 Å². The van der Waals surface area contributed by atoms with E-state index in [1.165, 1.54) is 5.69 Å². The van der Waals surface area contributed by atoms with Gasteiger partial charge in [-0.2, -0.15) is 0 Å². The van der Waals surface area contributed by atoms with Crippen molar-refractivity contribution in [3.05, 3.63) is 24.5 Å². The Morgan fingerprint density at radius 2 is 2.13 bits per heavy atom. The molecule has 2 N–H and O–H groups in total. The highest BCUT2D eigenvalue weighted by Gasteiger charge is 2.13. The number of rotatable bonds is 1. The Bertz CT molecular complexity index is 456. The van der Waals surface area contributed by atoms with Gasteiger partial charge >= 0.3 is 0 Å². The number of H-pyrrole nitrogens is 1. The first kappa shape index (κ1) is 8.73. The van der Waals surface area contributed by atoms with E-state index in [2.05, 4.69) is 38.6 Å². The first-order chi connectivity index (χ1) is 7.45. The molecule has 1 fully saturated rings. The Balaban J connectivity index is 2.05. The lowest BCUT2D eigenvalue weighted by Crippen LogP contribution is -2.43. The molecule has 2 aromatic rings. The summed E-state index contributed by atoms with van der Waals surface area (Å²) in [5, 5.41) is 3.35.